The van der Waals surface area contributed by atoms with Gasteiger partial charge in [0.2, 0.25) is 0 Å². The van der Waals surface area contributed by atoms with Gasteiger partial charge in [0.05, 0.1) is 0 Å². The molecule has 1 aromatic rings. The highest BCUT2D eigenvalue weighted by molar-refractivity contribution is 5.73. The molecule has 1 aromatic carbocycles. The van der Waals surface area contributed by atoms with Crippen molar-refractivity contribution in [3.63, 3.8) is 0 Å². The number of nitrogens with zero attached hydrogens (tertiary/aromatic N) is 2. The van der Waals surface area contributed by atoms with Crippen LogP contribution in [-0.2, 0) is 13.0 Å². The van der Waals surface area contributed by atoms with Crippen LogP contribution in [0.5, 0.6) is 0 Å². The maximum Gasteiger partial charge on any atom is 0.317 e. The summed E-state index contributed by atoms with van der Waals surface area (Å²) < 4.78 is 14.0. The van der Waals surface area contributed by atoms with Crippen molar-refractivity contribution in [3.05, 3.63) is 35.1 Å². The van der Waals surface area contributed by atoms with Gasteiger partial charge in [-0.25, -0.2) is 9.18 Å². The number of fused-ring (bicyclic) bond motifs is 1. The van der Waals surface area contributed by atoms with Gasteiger partial charge in [-0.05, 0) is 62.6 Å². The lowest BCUT2D eigenvalue weighted by atomic mass is 9.84. The first-order valence-corrected chi connectivity index (χ1v) is 9.49. The number of rotatable bonds is 4. The number of carbonyl (C=O) groups excluding carboxylic acids is 1. The molecule has 25 heavy (non-hydrogen) atoms. The van der Waals surface area contributed by atoms with Gasteiger partial charge in [-0.1, -0.05) is 12.1 Å². The number of amides is 2. The first kappa shape index (κ1) is 18.2. The standard InChI is InChI=1S/C20H30FN3O/c1-23(2)20(25)22-17-8-6-15(7-9-17)10-12-24-13-11-16-4-3-5-19(21)18(16)14-24/h3-5,15,17H,6-14H2,1-2H3,(H,22,25). The number of halogens is 1. The topological polar surface area (TPSA) is 35.6 Å². The summed E-state index contributed by atoms with van der Waals surface area (Å²) in [6.07, 6.45) is 6.63. The summed E-state index contributed by atoms with van der Waals surface area (Å²) in [4.78, 5) is 15.7. The minimum atomic E-state index is -0.0562. The third-order valence-electron chi connectivity index (χ3n) is 5.73. The lowest BCUT2D eigenvalue weighted by Gasteiger charge is -2.33. The van der Waals surface area contributed by atoms with Crippen molar-refractivity contribution in [1.29, 1.82) is 0 Å². The molecule has 3 rings (SSSR count). The first-order chi connectivity index (χ1) is 12.0. The van der Waals surface area contributed by atoms with Gasteiger partial charge >= 0.3 is 6.03 Å². The summed E-state index contributed by atoms with van der Waals surface area (Å²) in [6, 6.07) is 5.78. The SMILES string of the molecule is CN(C)C(=O)NC1CCC(CCN2CCc3cccc(F)c3C2)CC1. The fourth-order valence-electron chi connectivity index (χ4n) is 4.05. The quantitative estimate of drug-likeness (QED) is 0.906. The normalized spacial score (nSPS) is 23.8. The van der Waals surface area contributed by atoms with Crippen molar-refractivity contribution in [2.24, 2.45) is 5.92 Å². The smallest absolute Gasteiger partial charge is 0.317 e. The number of nitrogens with one attached hydrogen (secondary N) is 1. The predicted molar refractivity (Wildman–Crippen MR) is 98.0 cm³/mol. The summed E-state index contributed by atoms with van der Waals surface area (Å²) in [7, 11) is 3.56. The molecule has 1 saturated carbocycles. The zero-order valence-corrected chi connectivity index (χ0v) is 15.4. The average Bonchev–Trinajstić information content (AvgIpc) is 2.61. The van der Waals surface area contributed by atoms with Gasteiger partial charge in [0.1, 0.15) is 5.82 Å². The van der Waals surface area contributed by atoms with Crippen LogP contribution in [0.4, 0.5) is 9.18 Å². The molecule has 0 spiro atoms. The highest BCUT2D eigenvalue weighted by atomic mass is 19.1. The molecule has 1 aliphatic heterocycles. The molecule has 138 valence electrons. The van der Waals surface area contributed by atoms with E-state index in [1.165, 1.54) is 24.8 Å². The number of carbonyl (C=O) groups is 1. The summed E-state index contributed by atoms with van der Waals surface area (Å²) in [5.41, 5.74) is 2.07. The van der Waals surface area contributed by atoms with Gasteiger partial charge < -0.3 is 10.2 Å². The molecule has 0 aromatic heterocycles. The first-order valence-electron chi connectivity index (χ1n) is 9.49. The van der Waals surface area contributed by atoms with Crippen molar-refractivity contribution in [1.82, 2.24) is 15.1 Å². The Morgan fingerprint density at radius 3 is 2.76 bits per heavy atom. The Labute approximate surface area is 150 Å². The minimum absolute atomic E-state index is 0.0115. The summed E-state index contributed by atoms with van der Waals surface area (Å²) >= 11 is 0. The molecule has 0 saturated heterocycles. The molecule has 5 heteroatoms. The van der Waals surface area contributed by atoms with Gasteiger partial charge in [0.15, 0.2) is 0 Å². The van der Waals surface area contributed by atoms with Gasteiger partial charge in [-0.2, -0.15) is 0 Å². The molecule has 0 radical (unpaired) electrons. The maximum atomic E-state index is 14.0. The highest BCUT2D eigenvalue weighted by Gasteiger charge is 2.24. The van der Waals surface area contributed by atoms with Crippen LogP contribution in [0.2, 0.25) is 0 Å². The van der Waals surface area contributed by atoms with E-state index in [4.69, 9.17) is 0 Å². The van der Waals surface area contributed by atoms with Crippen LogP contribution in [0, 0.1) is 11.7 Å². The second kappa shape index (κ2) is 8.17. The zero-order valence-electron chi connectivity index (χ0n) is 15.4. The van der Waals surface area contributed by atoms with E-state index in [1.807, 2.05) is 6.07 Å². The van der Waals surface area contributed by atoms with Crippen LogP contribution < -0.4 is 5.32 Å². The van der Waals surface area contributed by atoms with Gasteiger partial charge in [0.25, 0.3) is 0 Å². The van der Waals surface area contributed by atoms with Crippen LogP contribution >= 0.6 is 0 Å². The van der Waals surface area contributed by atoms with E-state index >= 15 is 0 Å². The fourth-order valence-corrected chi connectivity index (χ4v) is 4.05. The van der Waals surface area contributed by atoms with Crippen LogP contribution in [-0.4, -0.2) is 49.1 Å². The Kier molecular flexibility index (Phi) is 5.94. The van der Waals surface area contributed by atoms with E-state index in [-0.39, 0.29) is 11.8 Å². The minimum Gasteiger partial charge on any atom is -0.335 e. The second-order valence-corrected chi connectivity index (χ2v) is 7.75. The summed E-state index contributed by atoms with van der Waals surface area (Å²) in [5, 5.41) is 3.10. The molecule has 0 atom stereocenters. The van der Waals surface area contributed by atoms with Crippen molar-refractivity contribution >= 4 is 6.03 Å². The van der Waals surface area contributed by atoms with Crippen molar-refractivity contribution in [3.8, 4) is 0 Å². The van der Waals surface area contributed by atoms with Crippen LogP contribution in [0.1, 0.15) is 43.2 Å². The van der Waals surface area contributed by atoms with Gasteiger partial charge in [0, 0.05) is 38.8 Å². The lowest BCUT2D eigenvalue weighted by Crippen LogP contribution is -2.43. The van der Waals surface area contributed by atoms with Gasteiger partial charge in [-0.3, -0.25) is 4.90 Å². The molecule has 4 nitrogen and oxygen atoms in total. The van der Waals surface area contributed by atoms with E-state index in [2.05, 4.69) is 16.3 Å². The van der Waals surface area contributed by atoms with Crippen LogP contribution in [0.25, 0.3) is 0 Å². The summed E-state index contributed by atoms with van der Waals surface area (Å²) in [6.45, 7) is 2.83. The van der Waals surface area contributed by atoms with E-state index in [9.17, 15) is 9.18 Å². The predicted octanol–water partition coefficient (Wildman–Crippen LogP) is 3.40. The Bertz CT molecular complexity index is 597. The summed E-state index contributed by atoms with van der Waals surface area (Å²) in [5.74, 6) is 0.675. The fraction of sp³-hybridized carbons (Fsp3) is 0.650. The van der Waals surface area contributed by atoms with E-state index in [0.717, 1.165) is 50.4 Å². The molecule has 2 amide bonds. The largest absolute Gasteiger partial charge is 0.335 e. The average molecular weight is 347 g/mol. The molecule has 2 aliphatic rings. The second-order valence-electron chi connectivity index (χ2n) is 7.75. The molecule has 1 fully saturated rings. The maximum absolute atomic E-state index is 14.0. The Morgan fingerprint density at radius 2 is 2.04 bits per heavy atom. The monoisotopic (exact) mass is 347 g/mol. The molecule has 0 bridgehead atoms. The zero-order chi connectivity index (χ0) is 17.8. The molecule has 1 aliphatic carbocycles. The van der Waals surface area contributed by atoms with Crippen molar-refractivity contribution < 1.29 is 9.18 Å². The third kappa shape index (κ3) is 4.72. The molecular formula is C20H30FN3O. The lowest BCUT2D eigenvalue weighted by molar-refractivity contribution is 0.192. The molecule has 1 heterocycles. The molecule has 0 unspecified atom stereocenters. The van der Waals surface area contributed by atoms with Crippen molar-refractivity contribution in [2.75, 3.05) is 27.2 Å². The third-order valence-corrected chi connectivity index (χ3v) is 5.73. The van der Waals surface area contributed by atoms with E-state index in [1.54, 1.807) is 25.1 Å². The Balaban J connectivity index is 1.41. The number of urea groups is 1. The Hall–Kier alpha value is -1.62. The highest BCUT2D eigenvalue weighted by Crippen LogP contribution is 2.28. The molecular weight excluding hydrogens is 317 g/mol. The number of hydrogen-bond donors (Lipinski definition) is 1. The van der Waals surface area contributed by atoms with E-state index < -0.39 is 0 Å². The van der Waals surface area contributed by atoms with Crippen LogP contribution in [0.15, 0.2) is 18.2 Å². The number of hydrogen-bond acceptors (Lipinski definition) is 2. The van der Waals surface area contributed by atoms with Crippen molar-refractivity contribution in [2.45, 2.75) is 51.1 Å². The van der Waals surface area contributed by atoms with Crippen LogP contribution in [0.3, 0.4) is 0 Å². The molecule has 1 N–H and O–H groups in total. The number of benzene rings is 1. The van der Waals surface area contributed by atoms with E-state index in [0.29, 0.717) is 6.04 Å². The Morgan fingerprint density at radius 1 is 1.28 bits per heavy atom. The van der Waals surface area contributed by atoms with Gasteiger partial charge in [-0.15, -0.1) is 0 Å².